The van der Waals surface area contributed by atoms with Crippen molar-refractivity contribution in [3.05, 3.63) is 70.5 Å². The summed E-state index contributed by atoms with van der Waals surface area (Å²) in [6, 6.07) is 11.6. The third-order valence-electron chi connectivity index (χ3n) is 9.71. The standard InChI is InChI=1S/C38H42ClN5O5S/c1-21-15-29-34(32(24-7-9-26(39)10-8-24)31(21)33(37(46)47)49-38(3,4)5)50-36(41-29)25-16-27-28(18-42(6)35(27)40-17-25)23-11-13-43(14-12-23)19-30-44(20-48-30)22(2)45/h7-10,15-18,23,30,33H,11-14,19-20H2,1-6H3,(H,46,47)/t30-,33-/m0/s1. The minimum atomic E-state index is -1.18. The van der Waals surface area contributed by atoms with Crippen molar-refractivity contribution < 1.29 is 24.2 Å². The van der Waals surface area contributed by atoms with E-state index in [-0.39, 0.29) is 12.1 Å². The SMILES string of the molecule is CC(=O)N1CO[C@H]1CN1CCC(c2cn(C)c3ncc(-c4nc5cc(C)c([C@H](OC(C)(C)C)C(=O)O)c(-c6ccc(Cl)cc6)c5s4)cc23)CC1. The van der Waals surface area contributed by atoms with E-state index in [1.54, 1.807) is 11.8 Å². The maximum atomic E-state index is 12.7. The van der Waals surface area contributed by atoms with E-state index in [2.05, 4.69) is 21.7 Å². The molecule has 7 rings (SSSR count). The molecule has 2 aliphatic heterocycles. The monoisotopic (exact) mass is 715 g/mol. The molecule has 1 amide bonds. The average molecular weight is 716 g/mol. The van der Waals surface area contributed by atoms with Crippen molar-refractivity contribution in [1.82, 2.24) is 24.3 Å². The van der Waals surface area contributed by atoms with Gasteiger partial charge in [-0.2, -0.15) is 0 Å². The fourth-order valence-electron chi connectivity index (χ4n) is 7.24. The predicted molar refractivity (Wildman–Crippen MR) is 196 cm³/mol. The van der Waals surface area contributed by atoms with Crippen molar-refractivity contribution in [2.24, 2.45) is 7.05 Å². The van der Waals surface area contributed by atoms with Gasteiger partial charge in [-0.05, 0) is 100 Å². The summed E-state index contributed by atoms with van der Waals surface area (Å²) < 4.78 is 14.8. The molecule has 12 heteroatoms. The first-order valence-corrected chi connectivity index (χ1v) is 18.1. The van der Waals surface area contributed by atoms with Gasteiger partial charge in [0, 0.05) is 60.0 Å². The van der Waals surface area contributed by atoms with Crippen molar-refractivity contribution in [1.29, 1.82) is 0 Å². The van der Waals surface area contributed by atoms with Gasteiger partial charge >= 0.3 is 5.97 Å². The molecular weight excluding hydrogens is 674 g/mol. The smallest absolute Gasteiger partial charge is 0.337 e. The zero-order valence-corrected chi connectivity index (χ0v) is 30.8. The van der Waals surface area contributed by atoms with Crippen LogP contribution in [0.2, 0.25) is 5.02 Å². The highest BCUT2D eigenvalue weighted by Crippen LogP contribution is 2.45. The molecule has 3 aromatic heterocycles. The number of aliphatic carboxylic acids is 1. The Labute approximate surface area is 300 Å². The topological polar surface area (TPSA) is 110 Å². The molecule has 50 heavy (non-hydrogen) atoms. The highest BCUT2D eigenvalue weighted by molar-refractivity contribution is 7.22. The lowest BCUT2D eigenvalue weighted by atomic mass is 9.89. The summed E-state index contributed by atoms with van der Waals surface area (Å²) in [5.74, 6) is -0.612. The fourth-order valence-corrected chi connectivity index (χ4v) is 8.47. The van der Waals surface area contributed by atoms with Gasteiger partial charge < -0.3 is 19.1 Å². The van der Waals surface area contributed by atoms with E-state index in [1.807, 2.05) is 71.3 Å². The number of aromatic nitrogens is 3. The second-order valence-corrected chi connectivity index (χ2v) is 15.8. The van der Waals surface area contributed by atoms with Crippen LogP contribution >= 0.6 is 22.9 Å². The third-order valence-corrected chi connectivity index (χ3v) is 11.1. The number of benzene rings is 2. The normalized spacial score (nSPS) is 18.1. The van der Waals surface area contributed by atoms with Crippen LogP contribution in [0.5, 0.6) is 0 Å². The van der Waals surface area contributed by atoms with Gasteiger partial charge in [-0.15, -0.1) is 11.3 Å². The lowest BCUT2D eigenvalue weighted by Gasteiger charge is -2.43. The Bertz CT molecular complexity index is 2090. The molecule has 5 heterocycles. The number of carbonyl (C=O) groups excluding carboxylic acids is 1. The van der Waals surface area contributed by atoms with Crippen LogP contribution in [-0.4, -0.2) is 79.5 Å². The summed E-state index contributed by atoms with van der Waals surface area (Å²) in [5.41, 5.74) is 6.26. The van der Waals surface area contributed by atoms with Crippen molar-refractivity contribution in [2.45, 2.75) is 71.3 Å². The Morgan fingerprint density at radius 3 is 2.48 bits per heavy atom. The zero-order chi connectivity index (χ0) is 35.5. The quantitative estimate of drug-likeness (QED) is 0.174. The molecule has 0 unspecified atom stereocenters. The van der Waals surface area contributed by atoms with Gasteiger partial charge in [0.2, 0.25) is 5.91 Å². The molecule has 0 radical (unpaired) electrons. The molecule has 2 saturated heterocycles. The Balaban J connectivity index is 1.25. The number of carboxylic acids is 1. The van der Waals surface area contributed by atoms with Crippen molar-refractivity contribution >= 4 is 56.1 Å². The minimum Gasteiger partial charge on any atom is -0.479 e. The van der Waals surface area contributed by atoms with Crippen LogP contribution < -0.4 is 0 Å². The average Bonchev–Trinajstić information content (AvgIpc) is 3.62. The van der Waals surface area contributed by atoms with E-state index in [0.717, 1.165) is 81.0 Å². The number of ether oxygens (including phenoxy) is 2. The Hall–Kier alpha value is -3.87. The molecule has 1 N–H and O–H groups in total. The van der Waals surface area contributed by atoms with Crippen LogP contribution in [0.1, 0.15) is 69.2 Å². The van der Waals surface area contributed by atoms with Gasteiger partial charge in [0.25, 0.3) is 0 Å². The van der Waals surface area contributed by atoms with Crippen LogP contribution in [0, 0.1) is 6.92 Å². The zero-order valence-electron chi connectivity index (χ0n) is 29.2. The Morgan fingerprint density at radius 2 is 1.86 bits per heavy atom. The molecule has 5 aromatic rings. The van der Waals surface area contributed by atoms with Crippen molar-refractivity contribution in [2.75, 3.05) is 26.4 Å². The Morgan fingerprint density at radius 1 is 1.14 bits per heavy atom. The lowest BCUT2D eigenvalue weighted by Crippen LogP contribution is -2.58. The highest BCUT2D eigenvalue weighted by Gasteiger charge is 2.35. The molecule has 0 spiro atoms. The summed E-state index contributed by atoms with van der Waals surface area (Å²) >= 11 is 7.82. The first-order chi connectivity index (χ1) is 23.8. The molecule has 0 aliphatic carbocycles. The number of amides is 1. The molecule has 0 saturated carbocycles. The number of likely N-dealkylation sites (tertiary alicyclic amines) is 1. The van der Waals surface area contributed by atoms with Gasteiger partial charge in [-0.25, -0.2) is 14.8 Å². The van der Waals surface area contributed by atoms with E-state index < -0.39 is 17.7 Å². The number of halogens is 1. The number of carboxylic acid groups (broad SMARTS) is 1. The predicted octanol–water partition coefficient (Wildman–Crippen LogP) is 7.76. The number of aryl methyl sites for hydroxylation is 2. The number of pyridine rings is 1. The molecule has 2 atom stereocenters. The molecule has 2 aromatic carbocycles. The second-order valence-electron chi connectivity index (χ2n) is 14.4. The lowest BCUT2D eigenvalue weighted by molar-refractivity contribution is -0.223. The van der Waals surface area contributed by atoms with Crippen LogP contribution in [0.25, 0.3) is 42.9 Å². The maximum Gasteiger partial charge on any atom is 0.337 e. The van der Waals surface area contributed by atoms with E-state index >= 15 is 0 Å². The number of hydrogen-bond acceptors (Lipinski definition) is 8. The highest BCUT2D eigenvalue weighted by atomic mass is 35.5. The van der Waals surface area contributed by atoms with Gasteiger partial charge in [0.1, 0.15) is 23.6 Å². The van der Waals surface area contributed by atoms with Gasteiger partial charge in [-0.3, -0.25) is 14.6 Å². The summed E-state index contributed by atoms with van der Waals surface area (Å²) in [4.78, 5) is 38.8. The summed E-state index contributed by atoms with van der Waals surface area (Å²) in [5, 5.41) is 13.0. The summed E-state index contributed by atoms with van der Waals surface area (Å²) in [6.45, 7) is 12.1. The number of thiazole rings is 1. The van der Waals surface area contributed by atoms with E-state index in [1.165, 1.54) is 16.9 Å². The number of fused-ring (bicyclic) bond motifs is 2. The first-order valence-electron chi connectivity index (χ1n) is 16.9. The molecule has 2 aliphatic rings. The number of rotatable bonds is 8. The molecule has 0 bridgehead atoms. The van der Waals surface area contributed by atoms with Gasteiger partial charge in [0.15, 0.2) is 6.10 Å². The molecule has 2 fully saturated rings. The number of piperidine rings is 1. The Kier molecular flexibility index (Phi) is 9.23. The molecular formula is C38H42ClN5O5S. The largest absolute Gasteiger partial charge is 0.479 e. The fraction of sp³-hybridized carbons (Fsp3) is 0.421. The number of carbonyl (C=O) groups is 2. The molecule has 262 valence electrons. The van der Waals surface area contributed by atoms with Crippen LogP contribution in [0.3, 0.4) is 0 Å². The third kappa shape index (κ3) is 6.65. The first kappa shape index (κ1) is 34.6. The van der Waals surface area contributed by atoms with Crippen molar-refractivity contribution in [3.63, 3.8) is 0 Å². The van der Waals surface area contributed by atoms with E-state index in [0.29, 0.717) is 23.2 Å². The maximum absolute atomic E-state index is 12.7. The van der Waals surface area contributed by atoms with Crippen molar-refractivity contribution in [3.8, 4) is 21.7 Å². The van der Waals surface area contributed by atoms with Crippen LogP contribution in [0.4, 0.5) is 0 Å². The van der Waals surface area contributed by atoms with Gasteiger partial charge in [-0.1, -0.05) is 23.7 Å². The number of hydrogen-bond donors (Lipinski definition) is 1. The van der Waals surface area contributed by atoms with E-state index in [4.69, 9.17) is 31.0 Å². The number of nitrogens with zero attached hydrogens (tertiary/aromatic N) is 5. The van der Waals surface area contributed by atoms with Crippen LogP contribution in [0.15, 0.2) is 48.8 Å². The van der Waals surface area contributed by atoms with Crippen LogP contribution in [-0.2, 0) is 26.1 Å². The van der Waals surface area contributed by atoms with E-state index in [9.17, 15) is 14.7 Å². The summed E-state index contributed by atoms with van der Waals surface area (Å²) in [7, 11) is 2.04. The molecule has 10 nitrogen and oxygen atoms in total. The minimum absolute atomic E-state index is 0.0547. The second kappa shape index (κ2) is 13.4. The summed E-state index contributed by atoms with van der Waals surface area (Å²) in [6.07, 6.45) is 4.77. The van der Waals surface area contributed by atoms with Gasteiger partial charge in [0.05, 0.1) is 15.8 Å².